The lowest BCUT2D eigenvalue weighted by atomic mass is 10.4. The quantitative estimate of drug-likeness (QED) is 0.665. The molecule has 0 aliphatic heterocycles. The molecule has 9 heteroatoms. The van der Waals surface area contributed by atoms with Crippen LogP contribution in [-0.4, -0.2) is 36.3 Å². The van der Waals surface area contributed by atoms with Gasteiger partial charge in [0.05, 0.1) is 12.7 Å². The first kappa shape index (κ1) is 16.1. The Morgan fingerprint density at radius 2 is 2.29 bits per heavy atom. The van der Waals surface area contributed by atoms with E-state index in [2.05, 4.69) is 20.1 Å². The van der Waals surface area contributed by atoms with Crippen LogP contribution in [-0.2, 0) is 23.1 Å². The Morgan fingerprint density at radius 3 is 3.00 bits per heavy atom. The molecule has 0 saturated heterocycles. The van der Waals surface area contributed by atoms with E-state index in [0.717, 1.165) is 24.5 Å². The molecule has 0 aliphatic rings. The number of nitrogens with one attached hydrogen (secondary N) is 2. The van der Waals surface area contributed by atoms with Crippen molar-refractivity contribution in [3.05, 3.63) is 29.0 Å². The molecule has 2 heterocycles. The molecular weight excluding hydrogens is 310 g/mol. The van der Waals surface area contributed by atoms with Gasteiger partial charge in [-0.25, -0.2) is 18.1 Å². The fourth-order valence-corrected chi connectivity index (χ4v) is 3.32. The zero-order valence-electron chi connectivity index (χ0n) is 11.8. The van der Waals surface area contributed by atoms with Gasteiger partial charge in [-0.2, -0.15) is 5.10 Å². The van der Waals surface area contributed by atoms with E-state index < -0.39 is 10.0 Å². The van der Waals surface area contributed by atoms with Gasteiger partial charge < -0.3 is 5.32 Å². The number of rotatable bonds is 9. The molecule has 2 N–H and O–H groups in total. The van der Waals surface area contributed by atoms with E-state index in [0.29, 0.717) is 6.54 Å². The van der Waals surface area contributed by atoms with Gasteiger partial charge in [0, 0.05) is 24.3 Å². The third kappa shape index (κ3) is 4.88. The van der Waals surface area contributed by atoms with Crippen LogP contribution in [0.25, 0.3) is 0 Å². The van der Waals surface area contributed by atoms with Gasteiger partial charge in [0.2, 0.25) is 10.0 Å². The lowest BCUT2D eigenvalue weighted by Gasteiger charge is -2.03. The smallest absolute Gasteiger partial charge is 0.244 e. The number of aromatic nitrogens is 3. The van der Waals surface area contributed by atoms with Crippen LogP contribution in [0.4, 0.5) is 0 Å². The second-order valence-electron chi connectivity index (χ2n) is 4.40. The van der Waals surface area contributed by atoms with Gasteiger partial charge in [0.15, 0.2) is 0 Å². The fraction of sp³-hybridized carbons (Fsp3) is 0.500. The van der Waals surface area contributed by atoms with Crippen LogP contribution in [0.5, 0.6) is 0 Å². The summed E-state index contributed by atoms with van der Waals surface area (Å²) in [4.78, 5) is 4.22. The Kier molecular flexibility index (Phi) is 5.85. The highest BCUT2D eigenvalue weighted by atomic mass is 32.2. The van der Waals surface area contributed by atoms with Crippen molar-refractivity contribution in [1.82, 2.24) is 24.8 Å². The number of aryl methyl sites for hydroxylation is 1. The maximum absolute atomic E-state index is 12.1. The molecule has 116 valence electrons. The normalized spacial score (nSPS) is 11.9. The summed E-state index contributed by atoms with van der Waals surface area (Å²) in [5.74, 6) is 0. The Hall–Kier alpha value is -1.29. The molecule has 2 aromatic rings. The third-order valence-electron chi connectivity index (χ3n) is 2.81. The Balaban J connectivity index is 1.89. The summed E-state index contributed by atoms with van der Waals surface area (Å²) in [5, 5.41) is 9.84. The van der Waals surface area contributed by atoms with Crippen molar-refractivity contribution in [1.29, 1.82) is 0 Å². The van der Waals surface area contributed by atoms with Crippen LogP contribution in [0.1, 0.15) is 18.4 Å². The van der Waals surface area contributed by atoms with Crippen LogP contribution < -0.4 is 10.0 Å². The summed E-state index contributed by atoms with van der Waals surface area (Å²) in [5.41, 5.74) is 0. The Labute approximate surface area is 128 Å². The van der Waals surface area contributed by atoms with Crippen molar-refractivity contribution in [3.8, 4) is 0 Å². The zero-order chi connectivity index (χ0) is 15.1. The predicted molar refractivity (Wildman–Crippen MR) is 81.5 cm³/mol. The lowest BCUT2D eigenvalue weighted by Crippen LogP contribution is -2.22. The van der Waals surface area contributed by atoms with Gasteiger partial charge in [0.1, 0.15) is 9.90 Å². The molecular formula is C12H19N5O2S2. The molecule has 0 spiro atoms. The maximum Gasteiger partial charge on any atom is 0.244 e. The number of thiazole rings is 1. The molecule has 2 rings (SSSR count). The van der Waals surface area contributed by atoms with Crippen molar-refractivity contribution in [3.63, 3.8) is 0 Å². The fourth-order valence-electron chi connectivity index (χ4n) is 1.73. The minimum Gasteiger partial charge on any atom is -0.317 e. The highest BCUT2D eigenvalue weighted by Gasteiger charge is 2.16. The predicted octanol–water partition coefficient (Wildman–Crippen LogP) is 0.818. The van der Waals surface area contributed by atoms with Crippen molar-refractivity contribution in [2.45, 2.75) is 31.3 Å². The van der Waals surface area contributed by atoms with E-state index in [1.54, 1.807) is 17.1 Å². The standard InChI is InChI=1S/C12H19N5O2S2/c1-2-13-4-3-6-17-10-11(8-15-17)21(18,19)16-9-12-14-5-7-20-12/h5,7-8,10,13,16H,2-4,6,9H2,1H3. The first-order chi connectivity index (χ1) is 10.1. The average Bonchev–Trinajstić information content (AvgIpc) is 3.13. The lowest BCUT2D eigenvalue weighted by molar-refractivity contribution is 0.549. The number of hydrogen-bond donors (Lipinski definition) is 2. The molecule has 0 amide bonds. The van der Waals surface area contributed by atoms with E-state index >= 15 is 0 Å². The van der Waals surface area contributed by atoms with Crippen molar-refractivity contribution in [2.75, 3.05) is 13.1 Å². The average molecular weight is 329 g/mol. The number of sulfonamides is 1. The van der Waals surface area contributed by atoms with Crippen LogP contribution in [0.15, 0.2) is 28.9 Å². The molecule has 0 aromatic carbocycles. The van der Waals surface area contributed by atoms with Gasteiger partial charge in [-0.05, 0) is 19.5 Å². The summed E-state index contributed by atoms with van der Waals surface area (Å²) < 4.78 is 28.4. The van der Waals surface area contributed by atoms with Crippen LogP contribution in [0.3, 0.4) is 0 Å². The topological polar surface area (TPSA) is 88.9 Å². The van der Waals surface area contributed by atoms with Crippen molar-refractivity contribution < 1.29 is 8.42 Å². The number of hydrogen-bond acceptors (Lipinski definition) is 6. The molecule has 0 atom stereocenters. The van der Waals surface area contributed by atoms with Gasteiger partial charge in [-0.15, -0.1) is 11.3 Å². The van der Waals surface area contributed by atoms with Crippen molar-refractivity contribution in [2.24, 2.45) is 0 Å². The Morgan fingerprint density at radius 1 is 1.43 bits per heavy atom. The first-order valence-corrected chi connectivity index (χ1v) is 9.09. The molecule has 0 bridgehead atoms. The highest BCUT2D eigenvalue weighted by Crippen LogP contribution is 2.09. The van der Waals surface area contributed by atoms with Crippen LogP contribution >= 0.6 is 11.3 Å². The van der Waals surface area contributed by atoms with E-state index in [9.17, 15) is 8.42 Å². The summed E-state index contributed by atoms with van der Waals surface area (Å²) in [6, 6.07) is 0. The molecule has 21 heavy (non-hydrogen) atoms. The first-order valence-electron chi connectivity index (χ1n) is 6.73. The monoisotopic (exact) mass is 329 g/mol. The zero-order valence-corrected chi connectivity index (χ0v) is 13.5. The minimum absolute atomic E-state index is 0.183. The van der Waals surface area contributed by atoms with E-state index in [4.69, 9.17) is 0 Å². The van der Waals surface area contributed by atoms with Gasteiger partial charge in [-0.1, -0.05) is 6.92 Å². The van der Waals surface area contributed by atoms with E-state index in [-0.39, 0.29) is 11.4 Å². The van der Waals surface area contributed by atoms with Crippen molar-refractivity contribution >= 4 is 21.4 Å². The summed E-state index contributed by atoms with van der Waals surface area (Å²) in [7, 11) is -3.53. The SMILES string of the molecule is CCNCCCn1cc(S(=O)(=O)NCc2nccs2)cn1. The molecule has 0 aliphatic carbocycles. The summed E-state index contributed by atoms with van der Waals surface area (Å²) >= 11 is 1.41. The van der Waals surface area contributed by atoms with Gasteiger partial charge in [0.25, 0.3) is 0 Å². The summed E-state index contributed by atoms with van der Waals surface area (Å²) in [6.45, 7) is 4.76. The molecule has 0 radical (unpaired) electrons. The van der Waals surface area contributed by atoms with Gasteiger partial charge >= 0.3 is 0 Å². The molecule has 7 nitrogen and oxygen atoms in total. The largest absolute Gasteiger partial charge is 0.317 e. The molecule has 2 aromatic heterocycles. The molecule has 0 saturated carbocycles. The van der Waals surface area contributed by atoms with Crippen LogP contribution in [0, 0.1) is 0 Å². The highest BCUT2D eigenvalue weighted by molar-refractivity contribution is 7.89. The molecule has 0 fully saturated rings. The maximum atomic E-state index is 12.1. The Bertz CT molecular complexity index is 636. The number of nitrogens with zero attached hydrogens (tertiary/aromatic N) is 3. The third-order valence-corrected chi connectivity index (χ3v) is 4.94. The van der Waals surface area contributed by atoms with E-state index in [1.165, 1.54) is 17.5 Å². The molecule has 0 unspecified atom stereocenters. The minimum atomic E-state index is -3.53. The second kappa shape index (κ2) is 7.64. The van der Waals surface area contributed by atoms with Gasteiger partial charge in [-0.3, -0.25) is 4.68 Å². The second-order valence-corrected chi connectivity index (χ2v) is 7.14. The van der Waals surface area contributed by atoms with Crippen LogP contribution in [0.2, 0.25) is 0 Å². The summed E-state index contributed by atoms with van der Waals surface area (Å²) in [6.07, 6.45) is 5.48. The van der Waals surface area contributed by atoms with E-state index in [1.807, 2.05) is 12.3 Å².